The molecule has 1 aromatic heterocycles. The molecule has 0 unspecified atom stereocenters. The highest BCUT2D eigenvalue weighted by Gasteiger charge is 2.23. The van der Waals surface area contributed by atoms with Gasteiger partial charge in [-0.25, -0.2) is 4.98 Å². The van der Waals surface area contributed by atoms with Gasteiger partial charge in [0, 0.05) is 12.6 Å². The molecule has 3 N–H and O–H groups in total. The molecule has 2 atom stereocenters. The number of ether oxygens (including phenoxy) is 1. The Morgan fingerprint density at radius 3 is 3.14 bits per heavy atom. The van der Waals surface area contributed by atoms with Crippen molar-refractivity contribution < 1.29 is 9.15 Å². The Labute approximate surface area is 82.6 Å². The Hall–Kier alpha value is -1.07. The van der Waals surface area contributed by atoms with Crippen molar-refractivity contribution in [2.24, 2.45) is 0 Å². The molecular weight excluding hydrogens is 182 g/mol. The van der Waals surface area contributed by atoms with E-state index in [0.29, 0.717) is 12.6 Å². The largest absolute Gasteiger partial charge is 0.428 e. The van der Waals surface area contributed by atoms with E-state index >= 15 is 0 Å². The van der Waals surface area contributed by atoms with E-state index in [9.17, 15) is 0 Å². The third-order valence-corrected chi connectivity index (χ3v) is 2.49. The third kappa shape index (κ3) is 2.05. The zero-order chi connectivity index (χ0) is 9.97. The number of hydrogen-bond donors (Lipinski definition) is 2. The van der Waals surface area contributed by atoms with Gasteiger partial charge in [0.1, 0.15) is 5.76 Å². The second-order valence-electron chi connectivity index (χ2n) is 3.52. The molecule has 2 heterocycles. The number of anilines is 1. The summed E-state index contributed by atoms with van der Waals surface area (Å²) in [6.07, 6.45) is 2.96. The van der Waals surface area contributed by atoms with Crippen LogP contribution in [0, 0.1) is 0 Å². The van der Waals surface area contributed by atoms with Gasteiger partial charge in [0.15, 0.2) is 0 Å². The molecule has 0 aliphatic carbocycles. The summed E-state index contributed by atoms with van der Waals surface area (Å²) in [4.78, 5) is 3.82. The van der Waals surface area contributed by atoms with Crippen LogP contribution < -0.4 is 11.1 Å². The molecule has 1 aliphatic rings. The van der Waals surface area contributed by atoms with Gasteiger partial charge in [0.05, 0.1) is 18.8 Å². The number of hydrogen-bond acceptors (Lipinski definition) is 5. The topological polar surface area (TPSA) is 73.3 Å². The van der Waals surface area contributed by atoms with Crippen LogP contribution in [0.4, 0.5) is 6.01 Å². The first-order chi connectivity index (χ1) is 6.75. The fourth-order valence-electron chi connectivity index (χ4n) is 1.64. The van der Waals surface area contributed by atoms with E-state index in [-0.39, 0.29) is 12.1 Å². The van der Waals surface area contributed by atoms with Crippen LogP contribution in [0.2, 0.25) is 0 Å². The van der Waals surface area contributed by atoms with Crippen molar-refractivity contribution in [3.8, 4) is 0 Å². The minimum absolute atomic E-state index is 0.220. The molecule has 78 valence electrons. The molecule has 0 aromatic carbocycles. The summed E-state index contributed by atoms with van der Waals surface area (Å²) in [6.45, 7) is 3.55. The minimum atomic E-state index is 0.220. The number of nitrogens with two attached hydrogens (primary N) is 1. The van der Waals surface area contributed by atoms with E-state index in [2.05, 4.69) is 17.2 Å². The van der Waals surface area contributed by atoms with Crippen molar-refractivity contribution >= 4 is 6.01 Å². The van der Waals surface area contributed by atoms with Gasteiger partial charge in [-0.15, -0.1) is 0 Å². The fourth-order valence-corrected chi connectivity index (χ4v) is 1.64. The SMILES string of the molecule is C[C@H]1OCC[C@H]1NCc1cnc(N)o1. The van der Waals surface area contributed by atoms with Gasteiger partial charge in [-0.05, 0) is 13.3 Å². The smallest absolute Gasteiger partial charge is 0.292 e. The molecule has 1 saturated heterocycles. The number of nitrogen functional groups attached to an aromatic ring is 1. The van der Waals surface area contributed by atoms with Gasteiger partial charge >= 0.3 is 0 Å². The molecular formula is C9H15N3O2. The number of nitrogens with one attached hydrogen (secondary N) is 1. The highest BCUT2D eigenvalue weighted by atomic mass is 16.5. The average Bonchev–Trinajstić information content (AvgIpc) is 2.72. The monoisotopic (exact) mass is 197 g/mol. The fraction of sp³-hybridized carbons (Fsp3) is 0.667. The standard InChI is InChI=1S/C9H15N3O2/c1-6-8(2-3-13-6)11-4-7-5-12-9(10)14-7/h5-6,8,11H,2-4H2,1H3,(H2,10,12)/t6-,8-/m1/s1. The van der Waals surface area contributed by atoms with E-state index in [1.807, 2.05) is 0 Å². The summed E-state index contributed by atoms with van der Waals surface area (Å²) in [5.74, 6) is 0.765. The molecule has 1 aliphatic heterocycles. The van der Waals surface area contributed by atoms with E-state index in [0.717, 1.165) is 18.8 Å². The van der Waals surface area contributed by atoms with Crippen molar-refractivity contribution in [2.75, 3.05) is 12.3 Å². The van der Waals surface area contributed by atoms with Crippen LogP contribution in [-0.2, 0) is 11.3 Å². The zero-order valence-electron chi connectivity index (χ0n) is 8.19. The highest BCUT2D eigenvalue weighted by Crippen LogP contribution is 2.13. The highest BCUT2D eigenvalue weighted by molar-refractivity contribution is 5.10. The molecule has 0 amide bonds. The lowest BCUT2D eigenvalue weighted by Crippen LogP contribution is -2.33. The predicted octanol–water partition coefficient (Wildman–Crippen LogP) is 0.524. The lowest BCUT2D eigenvalue weighted by atomic mass is 10.1. The second-order valence-corrected chi connectivity index (χ2v) is 3.52. The summed E-state index contributed by atoms with van der Waals surface area (Å²) >= 11 is 0. The Morgan fingerprint density at radius 2 is 2.57 bits per heavy atom. The van der Waals surface area contributed by atoms with Crippen LogP contribution in [0.5, 0.6) is 0 Å². The maximum atomic E-state index is 5.43. The summed E-state index contributed by atoms with van der Waals surface area (Å²) in [5.41, 5.74) is 5.36. The van der Waals surface area contributed by atoms with Crippen molar-refractivity contribution in [1.82, 2.24) is 10.3 Å². The quantitative estimate of drug-likeness (QED) is 0.739. The van der Waals surface area contributed by atoms with Crippen LogP contribution in [0.1, 0.15) is 19.1 Å². The van der Waals surface area contributed by atoms with Gasteiger partial charge in [-0.3, -0.25) is 0 Å². The molecule has 5 nitrogen and oxygen atoms in total. The number of nitrogens with zero attached hydrogens (tertiary/aromatic N) is 1. The van der Waals surface area contributed by atoms with Crippen molar-refractivity contribution in [3.05, 3.63) is 12.0 Å². The molecule has 5 heteroatoms. The van der Waals surface area contributed by atoms with Crippen molar-refractivity contribution in [2.45, 2.75) is 32.0 Å². The van der Waals surface area contributed by atoms with Gasteiger partial charge in [0.2, 0.25) is 0 Å². The molecule has 14 heavy (non-hydrogen) atoms. The lowest BCUT2D eigenvalue weighted by molar-refractivity contribution is 0.112. The van der Waals surface area contributed by atoms with Gasteiger partial charge in [-0.1, -0.05) is 0 Å². The van der Waals surface area contributed by atoms with Crippen LogP contribution in [-0.4, -0.2) is 23.7 Å². The first-order valence-electron chi connectivity index (χ1n) is 4.81. The Kier molecular flexibility index (Phi) is 2.69. The molecule has 0 radical (unpaired) electrons. The second kappa shape index (κ2) is 3.98. The molecule has 0 saturated carbocycles. The van der Waals surface area contributed by atoms with Gasteiger partial charge in [-0.2, -0.15) is 0 Å². The van der Waals surface area contributed by atoms with E-state index < -0.39 is 0 Å². The Morgan fingerprint density at radius 1 is 1.71 bits per heavy atom. The lowest BCUT2D eigenvalue weighted by Gasteiger charge is -2.14. The Bertz CT molecular complexity index is 300. The first kappa shape index (κ1) is 9.48. The Balaban J connectivity index is 1.82. The third-order valence-electron chi connectivity index (χ3n) is 2.49. The van der Waals surface area contributed by atoms with Crippen LogP contribution >= 0.6 is 0 Å². The molecule has 1 fully saturated rings. The maximum absolute atomic E-state index is 5.43. The van der Waals surface area contributed by atoms with E-state index in [1.165, 1.54) is 0 Å². The maximum Gasteiger partial charge on any atom is 0.292 e. The average molecular weight is 197 g/mol. The summed E-state index contributed by atoms with van der Waals surface area (Å²) in [5, 5.41) is 3.35. The normalized spacial score (nSPS) is 26.9. The summed E-state index contributed by atoms with van der Waals surface area (Å²) in [7, 11) is 0. The van der Waals surface area contributed by atoms with E-state index in [4.69, 9.17) is 14.9 Å². The van der Waals surface area contributed by atoms with Gasteiger partial charge < -0.3 is 20.2 Å². The van der Waals surface area contributed by atoms with Crippen molar-refractivity contribution in [1.29, 1.82) is 0 Å². The van der Waals surface area contributed by atoms with Crippen LogP contribution in [0.25, 0.3) is 0 Å². The zero-order valence-corrected chi connectivity index (χ0v) is 8.19. The predicted molar refractivity (Wildman–Crippen MR) is 51.6 cm³/mol. The minimum Gasteiger partial charge on any atom is -0.428 e. The molecule has 2 rings (SSSR count). The summed E-state index contributed by atoms with van der Waals surface area (Å²) in [6, 6.07) is 0.624. The number of aromatic nitrogens is 1. The number of oxazole rings is 1. The molecule has 1 aromatic rings. The van der Waals surface area contributed by atoms with E-state index in [1.54, 1.807) is 6.20 Å². The van der Waals surface area contributed by atoms with Crippen LogP contribution in [0.15, 0.2) is 10.6 Å². The van der Waals surface area contributed by atoms with Gasteiger partial charge in [0.25, 0.3) is 6.01 Å². The van der Waals surface area contributed by atoms with Crippen LogP contribution in [0.3, 0.4) is 0 Å². The molecule has 0 bridgehead atoms. The first-order valence-corrected chi connectivity index (χ1v) is 4.81. The van der Waals surface area contributed by atoms with Crippen molar-refractivity contribution in [3.63, 3.8) is 0 Å². The number of rotatable bonds is 3. The molecule has 0 spiro atoms. The summed E-state index contributed by atoms with van der Waals surface area (Å²) < 4.78 is 10.6.